The van der Waals surface area contributed by atoms with Crippen molar-refractivity contribution in [3.8, 4) is 11.6 Å². The van der Waals surface area contributed by atoms with Crippen LogP contribution in [-0.2, 0) is 19.4 Å². The minimum absolute atomic E-state index is 0.0130. The summed E-state index contributed by atoms with van der Waals surface area (Å²) in [6.45, 7) is 1.69. The molecule has 1 saturated carbocycles. The topological polar surface area (TPSA) is 121 Å². The van der Waals surface area contributed by atoms with Crippen LogP contribution in [-0.4, -0.2) is 37.3 Å². The Bertz CT molecular complexity index is 1480. The van der Waals surface area contributed by atoms with Gasteiger partial charge in [-0.05, 0) is 44.0 Å². The summed E-state index contributed by atoms with van der Waals surface area (Å²) in [6.07, 6.45) is 0.159. The quantitative estimate of drug-likeness (QED) is 0.293. The van der Waals surface area contributed by atoms with Gasteiger partial charge in [0.1, 0.15) is 5.82 Å². The molecule has 3 aromatic rings. The molecule has 1 amide bonds. The van der Waals surface area contributed by atoms with E-state index < -0.39 is 50.6 Å². The Kier molecular flexibility index (Phi) is 9.03. The lowest BCUT2D eigenvalue weighted by Gasteiger charge is -2.20. The van der Waals surface area contributed by atoms with Gasteiger partial charge < -0.3 is 14.2 Å². The number of nitrogens with one attached hydrogen (secondary N) is 1. The van der Waals surface area contributed by atoms with Crippen molar-refractivity contribution in [2.45, 2.75) is 48.9 Å². The van der Waals surface area contributed by atoms with E-state index in [1.54, 1.807) is 6.92 Å². The van der Waals surface area contributed by atoms with E-state index in [-0.39, 0.29) is 33.1 Å². The Morgan fingerprint density at radius 2 is 1.92 bits per heavy atom. The molecule has 1 aliphatic carbocycles. The summed E-state index contributed by atoms with van der Waals surface area (Å²) in [4.78, 5) is 28.7. The van der Waals surface area contributed by atoms with Gasteiger partial charge in [-0.15, -0.1) is 11.3 Å². The van der Waals surface area contributed by atoms with Gasteiger partial charge in [0.05, 0.1) is 27.2 Å². The van der Waals surface area contributed by atoms with Crippen molar-refractivity contribution >= 4 is 50.0 Å². The van der Waals surface area contributed by atoms with Crippen LogP contribution in [0.5, 0.6) is 11.6 Å². The van der Waals surface area contributed by atoms with Gasteiger partial charge in [-0.2, -0.15) is 4.98 Å². The van der Waals surface area contributed by atoms with Gasteiger partial charge in [-0.3, -0.25) is 10.1 Å². The Hall–Kier alpha value is -3.29. The monoisotopic (exact) mass is 600 g/mol. The second-order valence-electron chi connectivity index (χ2n) is 8.48. The van der Waals surface area contributed by atoms with Crippen LogP contribution in [0.15, 0.2) is 46.7 Å². The zero-order chi connectivity index (χ0) is 28.2. The summed E-state index contributed by atoms with van der Waals surface area (Å²) < 4.78 is 69.1. The van der Waals surface area contributed by atoms with E-state index in [9.17, 15) is 26.8 Å². The number of aromatic nitrogens is 1. The molecule has 1 heterocycles. The molecular weight excluding hydrogens is 578 g/mol. The molecule has 4 rings (SSSR count). The number of hydrogen-bond donors (Lipinski definition) is 1. The molecule has 1 N–H and O–H groups in total. The number of benzene rings is 2. The van der Waals surface area contributed by atoms with Crippen molar-refractivity contribution < 1.29 is 41.0 Å². The summed E-state index contributed by atoms with van der Waals surface area (Å²) >= 11 is 7.30. The van der Waals surface area contributed by atoms with Gasteiger partial charge in [-0.25, -0.2) is 22.0 Å². The van der Waals surface area contributed by atoms with Crippen LogP contribution in [0.2, 0.25) is 5.02 Å². The predicted octanol–water partition coefficient (Wildman–Crippen LogP) is 6.09. The van der Waals surface area contributed by atoms with Crippen molar-refractivity contribution in [2.75, 3.05) is 11.9 Å². The largest absolute Gasteiger partial charge is 0.515 e. The van der Waals surface area contributed by atoms with E-state index in [1.807, 2.05) is 0 Å². The number of amides is 1. The standard InChI is InChI=1S/C25H23ClF2N2O7S2/c1-2-35-25(32)37-21-13-38-24(29-21)30-23(31)22(36-19-9-8-15(27)12-18(19)28)14-7-10-20(17(26)11-14)39(33,34)16-5-3-4-6-16/h7-13,16,22H,2-6H2,1H3,(H,29,30,31). The minimum atomic E-state index is -3.70. The molecule has 2 aromatic carbocycles. The fourth-order valence-electron chi connectivity index (χ4n) is 4.03. The van der Waals surface area contributed by atoms with Crippen molar-refractivity contribution in [3.63, 3.8) is 0 Å². The highest BCUT2D eigenvalue weighted by atomic mass is 35.5. The first-order chi connectivity index (χ1) is 18.6. The third-order valence-electron chi connectivity index (χ3n) is 5.85. The van der Waals surface area contributed by atoms with Crippen LogP contribution >= 0.6 is 22.9 Å². The first-order valence-electron chi connectivity index (χ1n) is 11.8. The van der Waals surface area contributed by atoms with E-state index in [0.29, 0.717) is 18.9 Å². The Labute approximate surface area is 232 Å². The highest BCUT2D eigenvalue weighted by molar-refractivity contribution is 7.92. The van der Waals surface area contributed by atoms with Crippen LogP contribution in [0.25, 0.3) is 0 Å². The number of carbonyl (C=O) groups is 2. The fourth-order valence-corrected chi connectivity index (χ4v) is 7.06. The second kappa shape index (κ2) is 12.3. The summed E-state index contributed by atoms with van der Waals surface area (Å²) in [5, 5.41) is 3.18. The Morgan fingerprint density at radius 1 is 1.18 bits per heavy atom. The fraction of sp³-hybridized carbons (Fsp3) is 0.320. The summed E-state index contributed by atoms with van der Waals surface area (Å²) in [5.41, 5.74) is 0.103. The molecule has 0 spiro atoms. The number of sulfone groups is 1. The van der Waals surface area contributed by atoms with Gasteiger partial charge in [0.15, 0.2) is 26.5 Å². The van der Waals surface area contributed by atoms with Crippen LogP contribution in [0, 0.1) is 11.6 Å². The molecule has 1 aliphatic rings. The van der Waals surface area contributed by atoms with Crippen LogP contribution in [0.1, 0.15) is 44.3 Å². The molecule has 1 atom stereocenters. The highest BCUT2D eigenvalue weighted by Crippen LogP contribution is 2.35. The average molecular weight is 601 g/mol. The predicted molar refractivity (Wildman–Crippen MR) is 139 cm³/mol. The lowest BCUT2D eigenvalue weighted by Crippen LogP contribution is -2.26. The van der Waals surface area contributed by atoms with Crippen molar-refractivity contribution in [3.05, 3.63) is 64.0 Å². The minimum Gasteiger partial charge on any atom is -0.473 e. The third kappa shape index (κ3) is 6.84. The van der Waals surface area contributed by atoms with Gasteiger partial charge >= 0.3 is 6.16 Å². The molecule has 39 heavy (non-hydrogen) atoms. The first kappa shape index (κ1) is 28.7. The maximum atomic E-state index is 14.4. The number of anilines is 1. The number of carbonyl (C=O) groups excluding carboxylic acids is 2. The van der Waals surface area contributed by atoms with E-state index in [4.69, 9.17) is 21.1 Å². The van der Waals surface area contributed by atoms with Crippen LogP contribution in [0.3, 0.4) is 0 Å². The number of rotatable bonds is 9. The normalized spacial score (nSPS) is 14.6. The molecule has 9 nitrogen and oxygen atoms in total. The molecular formula is C25H23ClF2N2O7S2. The molecule has 14 heteroatoms. The number of ether oxygens (including phenoxy) is 3. The second-order valence-corrected chi connectivity index (χ2v) is 11.9. The average Bonchev–Trinajstić information content (AvgIpc) is 3.56. The zero-order valence-electron chi connectivity index (χ0n) is 20.5. The van der Waals surface area contributed by atoms with E-state index >= 15 is 0 Å². The van der Waals surface area contributed by atoms with Gasteiger partial charge in [0, 0.05) is 11.6 Å². The van der Waals surface area contributed by atoms with E-state index in [0.717, 1.165) is 36.3 Å². The molecule has 0 radical (unpaired) electrons. The molecule has 0 aliphatic heterocycles. The first-order valence-corrected chi connectivity index (χ1v) is 14.6. The van der Waals surface area contributed by atoms with Gasteiger partial charge in [0.25, 0.3) is 5.91 Å². The third-order valence-corrected chi connectivity index (χ3v) is 9.33. The Balaban J connectivity index is 1.62. The van der Waals surface area contributed by atoms with Crippen molar-refractivity contribution in [2.24, 2.45) is 0 Å². The summed E-state index contributed by atoms with van der Waals surface area (Å²) in [7, 11) is -3.70. The zero-order valence-corrected chi connectivity index (χ0v) is 22.9. The maximum Gasteiger partial charge on any atom is 0.515 e. The lowest BCUT2D eigenvalue weighted by molar-refractivity contribution is -0.123. The number of halogens is 3. The smallest absolute Gasteiger partial charge is 0.473 e. The molecule has 208 valence electrons. The number of hydrogen-bond acceptors (Lipinski definition) is 9. The molecule has 1 aromatic heterocycles. The highest BCUT2D eigenvalue weighted by Gasteiger charge is 2.33. The molecule has 1 unspecified atom stereocenters. The Morgan fingerprint density at radius 3 is 2.59 bits per heavy atom. The van der Waals surface area contributed by atoms with Gasteiger partial charge in [-0.1, -0.05) is 30.5 Å². The lowest BCUT2D eigenvalue weighted by atomic mass is 10.1. The number of thiazole rings is 1. The molecule has 0 saturated heterocycles. The SMILES string of the molecule is CCOC(=O)Oc1csc(NC(=O)C(Oc2ccc(F)cc2F)c2ccc(S(=O)(=O)C3CCCC3)c(Cl)c2)n1. The number of nitrogens with zero attached hydrogens (tertiary/aromatic N) is 1. The van der Waals surface area contributed by atoms with Crippen molar-refractivity contribution in [1.82, 2.24) is 4.98 Å². The van der Waals surface area contributed by atoms with Gasteiger partial charge in [0.2, 0.25) is 12.0 Å². The van der Waals surface area contributed by atoms with Crippen LogP contribution in [0.4, 0.5) is 18.7 Å². The van der Waals surface area contributed by atoms with E-state index in [2.05, 4.69) is 15.0 Å². The maximum absolute atomic E-state index is 14.4. The van der Waals surface area contributed by atoms with E-state index in [1.165, 1.54) is 23.6 Å². The van der Waals surface area contributed by atoms with Crippen LogP contribution < -0.4 is 14.8 Å². The summed E-state index contributed by atoms with van der Waals surface area (Å²) in [5.74, 6) is -3.29. The van der Waals surface area contributed by atoms with Crippen molar-refractivity contribution in [1.29, 1.82) is 0 Å². The summed E-state index contributed by atoms with van der Waals surface area (Å²) in [6, 6.07) is 6.44. The molecule has 0 bridgehead atoms. The molecule has 1 fully saturated rings.